The monoisotopic (exact) mass is 460 g/mol. The van der Waals surface area contributed by atoms with Crippen molar-refractivity contribution in [1.82, 2.24) is 11.5 Å². The second-order valence-electron chi connectivity index (χ2n) is 9.67. The summed E-state index contributed by atoms with van der Waals surface area (Å²) in [5.41, 5.74) is -1.49. The molecule has 0 radical (unpaired) electrons. The van der Waals surface area contributed by atoms with Crippen molar-refractivity contribution in [3.05, 3.63) is 0 Å². The Bertz CT molecular complexity index is 495. The van der Waals surface area contributed by atoms with Crippen LogP contribution in [0.4, 0.5) is 0 Å². The summed E-state index contributed by atoms with van der Waals surface area (Å²) in [6, 6.07) is -0.732. The Morgan fingerprint density at radius 2 is 1.12 bits per heavy atom. The molecular formula is C25H52N2O5. The van der Waals surface area contributed by atoms with Gasteiger partial charge in [-0.3, -0.25) is 4.79 Å². The maximum absolute atomic E-state index is 12.1. The van der Waals surface area contributed by atoms with Gasteiger partial charge < -0.3 is 31.6 Å². The minimum Gasteiger partial charge on any atom is -0.544 e. The molecule has 1 amide bonds. The Labute approximate surface area is 196 Å². The molecule has 0 saturated heterocycles. The van der Waals surface area contributed by atoms with Crippen LogP contribution in [-0.2, 0) is 9.59 Å². The number of carbonyl (C=O) groups excluding carboxylic acids is 2. The number of hydrogen-bond donors (Lipinski definition) is 4. The fraction of sp³-hybridized carbons (Fsp3) is 0.920. The lowest BCUT2D eigenvalue weighted by Gasteiger charge is -2.43. The molecule has 1 atom stereocenters. The highest BCUT2D eigenvalue weighted by molar-refractivity contribution is 5.77. The molecule has 0 aliphatic heterocycles. The van der Waals surface area contributed by atoms with E-state index in [1.807, 2.05) is 0 Å². The normalized spacial score (nSPS) is 12.8. The first-order valence-electron chi connectivity index (χ1n) is 12.5. The summed E-state index contributed by atoms with van der Waals surface area (Å²) in [7, 11) is 0. The lowest BCUT2D eigenvalue weighted by atomic mass is 9.77. The van der Waals surface area contributed by atoms with Crippen LogP contribution >= 0.6 is 0 Å². The summed E-state index contributed by atoms with van der Waals surface area (Å²) in [5, 5.41) is 33.2. The molecule has 7 nitrogen and oxygen atoms in total. The highest BCUT2D eigenvalue weighted by Crippen LogP contribution is 2.32. The summed E-state index contributed by atoms with van der Waals surface area (Å²) >= 11 is 0. The largest absolute Gasteiger partial charge is 0.544 e. The van der Waals surface area contributed by atoms with Crippen LogP contribution in [0.3, 0.4) is 0 Å². The van der Waals surface area contributed by atoms with E-state index in [2.05, 4.69) is 12.2 Å². The van der Waals surface area contributed by atoms with Gasteiger partial charge in [-0.1, -0.05) is 111 Å². The average Bonchev–Trinajstić information content (AvgIpc) is 2.70. The van der Waals surface area contributed by atoms with Crippen molar-refractivity contribution < 1.29 is 24.9 Å². The van der Waals surface area contributed by atoms with Crippen molar-refractivity contribution in [2.24, 2.45) is 5.41 Å². The summed E-state index contributed by atoms with van der Waals surface area (Å²) in [4.78, 5) is 23.1. The van der Waals surface area contributed by atoms with E-state index < -0.39 is 23.2 Å². The van der Waals surface area contributed by atoms with Gasteiger partial charge in [0.1, 0.15) is 5.97 Å². The molecule has 0 aliphatic carbocycles. The number of hydrogen-bond acceptors (Lipinski definition) is 5. The first-order valence-corrected chi connectivity index (χ1v) is 12.5. The topological polar surface area (TPSA) is 146 Å². The van der Waals surface area contributed by atoms with E-state index in [0.29, 0.717) is 6.42 Å². The molecule has 0 aromatic rings. The summed E-state index contributed by atoms with van der Waals surface area (Å²) < 4.78 is 0. The van der Waals surface area contributed by atoms with Crippen LogP contribution in [0.1, 0.15) is 130 Å². The van der Waals surface area contributed by atoms with E-state index >= 15 is 0 Å². The standard InChI is InChI=1S/C25H49NO5.H3N/c1-5-6-7-8-9-10-11-12-13-14-15-16-17-18-19-20-22(27)26-21(2)24(3,4)25(30,31)23(28)29;/h21,30-31H,5-20H2,1-4H3,(H,26,27)(H,28,29);1H3. The number of aliphatic carboxylic acids is 1. The van der Waals surface area contributed by atoms with Crippen molar-refractivity contribution >= 4 is 11.9 Å². The van der Waals surface area contributed by atoms with E-state index in [9.17, 15) is 24.9 Å². The molecule has 0 saturated carbocycles. The SMILES string of the molecule is CCCCCCCCCCCCCCCCCC(=O)NC(C)C(C)(C)C(O)(O)C(=O)[O-].[NH4+]. The number of unbranched alkanes of at least 4 members (excludes halogenated alkanes) is 14. The van der Waals surface area contributed by atoms with Gasteiger partial charge in [-0.25, -0.2) is 0 Å². The second kappa shape index (κ2) is 18.3. The van der Waals surface area contributed by atoms with Gasteiger partial charge in [-0.15, -0.1) is 0 Å². The highest BCUT2D eigenvalue weighted by Gasteiger charge is 2.47. The molecule has 0 fully saturated rings. The minimum absolute atomic E-state index is 0. The zero-order valence-electron chi connectivity index (χ0n) is 21.5. The molecule has 0 rings (SSSR count). The predicted molar refractivity (Wildman–Crippen MR) is 129 cm³/mol. The van der Waals surface area contributed by atoms with E-state index in [1.165, 1.54) is 90.9 Å². The van der Waals surface area contributed by atoms with Gasteiger partial charge in [0.2, 0.25) is 11.7 Å². The lowest BCUT2D eigenvalue weighted by molar-refractivity contribution is -0.362. The Hall–Kier alpha value is -1.18. The van der Waals surface area contributed by atoms with Crippen molar-refractivity contribution in [3.8, 4) is 0 Å². The zero-order chi connectivity index (χ0) is 23.8. The molecular weight excluding hydrogens is 408 g/mol. The Morgan fingerprint density at radius 1 is 0.781 bits per heavy atom. The predicted octanol–water partition coefficient (Wildman–Crippen LogP) is 4.59. The van der Waals surface area contributed by atoms with Gasteiger partial charge in [0.15, 0.2) is 0 Å². The number of amides is 1. The van der Waals surface area contributed by atoms with Gasteiger partial charge in [0.05, 0.1) is 0 Å². The number of rotatable bonds is 20. The molecule has 7 N–H and O–H groups in total. The molecule has 1 unspecified atom stereocenters. The number of quaternary nitrogens is 1. The Kier molecular flexibility index (Phi) is 18.8. The summed E-state index contributed by atoms with van der Waals surface area (Å²) in [6.45, 7) is 6.57. The third kappa shape index (κ3) is 13.4. The average molecular weight is 461 g/mol. The molecule has 7 heteroatoms. The second-order valence-corrected chi connectivity index (χ2v) is 9.67. The number of nitrogens with one attached hydrogen (secondary N) is 1. The molecule has 0 aromatic carbocycles. The molecule has 0 spiro atoms. The number of carboxylic acid groups (broad SMARTS) is 1. The van der Waals surface area contributed by atoms with E-state index in [-0.39, 0.29) is 12.1 Å². The molecule has 0 heterocycles. The fourth-order valence-corrected chi connectivity index (χ4v) is 3.72. The number of carbonyl (C=O) groups is 2. The lowest BCUT2D eigenvalue weighted by Crippen LogP contribution is -2.63. The molecule has 0 aromatic heterocycles. The van der Waals surface area contributed by atoms with Crippen molar-refractivity contribution in [2.75, 3.05) is 0 Å². The van der Waals surface area contributed by atoms with Gasteiger partial charge in [-0.2, -0.15) is 0 Å². The van der Waals surface area contributed by atoms with Crippen LogP contribution in [0.2, 0.25) is 0 Å². The Morgan fingerprint density at radius 3 is 1.47 bits per heavy atom. The quantitative estimate of drug-likeness (QED) is 0.155. The van der Waals surface area contributed by atoms with Crippen molar-refractivity contribution in [1.29, 1.82) is 0 Å². The van der Waals surface area contributed by atoms with Crippen LogP contribution in [0, 0.1) is 5.41 Å². The van der Waals surface area contributed by atoms with Crippen LogP contribution in [-0.4, -0.2) is 33.9 Å². The molecule has 32 heavy (non-hydrogen) atoms. The first-order chi connectivity index (χ1) is 14.6. The first kappa shape index (κ1) is 33.0. The van der Waals surface area contributed by atoms with Gasteiger partial charge in [0.25, 0.3) is 0 Å². The maximum Gasteiger partial charge on any atom is 0.220 e. The van der Waals surface area contributed by atoms with Crippen molar-refractivity contribution in [3.63, 3.8) is 0 Å². The summed E-state index contributed by atoms with van der Waals surface area (Å²) in [5.74, 6) is -5.20. The van der Waals surface area contributed by atoms with Crippen LogP contribution in [0.5, 0.6) is 0 Å². The van der Waals surface area contributed by atoms with Crippen LogP contribution < -0.4 is 16.6 Å². The van der Waals surface area contributed by atoms with E-state index in [0.717, 1.165) is 19.3 Å². The number of aliphatic hydroxyl groups is 2. The van der Waals surface area contributed by atoms with E-state index in [1.54, 1.807) is 6.92 Å². The fourth-order valence-electron chi connectivity index (χ4n) is 3.72. The third-order valence-electron chi connectivity index (χ3n) is 6.65. The molecule has 0 bridgehead atoms. The van der Waals surface area contributed by atoms with Crippen LogP contribution in [0.15, 0.2) is 0 Å². The highest BCUT2D eigenvalue weighted by atomic mass is 16.5. The van der Waals surface area contributed by atoms with Gasteiger partial charge in [-0.05, 0) is 13.3 Å². The minimum atomic E-state index is -3.02. The van der Waals surface area contributed by atoms with Crippen molar-refractivity contribution in [2.45, 2.75) is 142 Å². The van der Waals surface area contributed by atoms with Crippen LogP contribution in [0.25, 0.3) is 0 Å². The maximum atomic E-state index is 12.1. The Balaban J connectivity index is 0. The molecule has 0 aliphatic rings. The van der Waals surface area contributed by atoms with E-state index in [4.69, 9.17) is 0 Å². The summed E-state index contributed by atoms with van der Waals surface area (Å²) in [6.07, 6.45) is 19.3. The van der Waals surface area contributed by atoms with Gasteiger partial charge >= 0.3 is 0 Å². The molecule has 192 valence electrons. The number of carboxylic acids is 1. The van der Waals surface area contributed by atoms with Gasteiger partial charge in [0, 0.05) is 17.9 Å². The zero-order valence-corrected chi connectivity index (χ0v) is 21.5. The third-order valence-corrected chi connectivity index (χ3v) is 6.65. The smallest absolute Gasteiger partial charge is 0.220 e.